The van der Waals surface area contributed by atoms with Gasteiger partial charge < -0.3 is 0 Å². The number of hydrogen-bond acceptors (Lipinski definition) is 0. The molecule has 0 aromatic heterocycles. The average molecular weight is 524 g/mol. The van der Waals surface area contributed by atoms with Gasteiger partial charge in [0.1, 0.15) is 0 Å². The molecule has 152 valence electrons. The average Bonchev–Trinajstić information content (AvgIpc) is 2.57. The molecule has 0 nitrogen and oxygen atoms in total. The Morgan fingerprint density at radius 3 is 1.21 bits per heavy atom. The number of hydrogen-bond donors (Lipinski definition) is 0. The van der Waals surface area contributed by atoms with Gasteiger partial charge in [-0.3, -0.25) is 0 Å². The molecule has 3 rings (SSSR count). The van der Waals surface area contributed by atoms with Crippen molar-refractivity contribution in [2.24, 2.45) is 0 Å². The van der Waals surface area contributed by atoms with Crippen LogP contribution < -0.4 is 13.4 Å². The fourth-order valence-corrected chi connectivity index (χ4v) is 7.69. The summed E-state index contributed by atoms with van der Waals surface area (Å²) >= 11 is 11.4. The summed E-state index contributed by atoms with van der Waals surface area (Å²) in [5.74, 6) is 0. The van der Waals surface area contributed by atoms with Crippen LogP contribution in [0.3, 0.4) is 0 Å². The molecule has 0 spiro atoms. The second-order valence-corrected chi connectivity index (χ2v) is 12.3. The van der Waals surface area contributed by atoms with Crippen LogP contribution in [0, 0.1) is 0 Å². The van der Waals surface area contributed by atoms with Crippen molar-refractivity contribution in [3.63, 3.8) is 0 Å². The summed E-state index contributed by atoms with van der Waals surface area (Å²) in [6.45, 7) is 0. The molecule has 0 aliphatic heterocycles. The van der Waals surface area contributed by atoms with Gasteiger partial charge >= 0.3 is 172 Å². The monoisotopic (exact) mass is 524 g/mol. The molecule has 0 N–H and O–H groups in total. The van der Waals surface area contributed by atoms with Crippen molar-refractivity contribution in [1.29, 1.82) is 0 Å². The van der Waals surface area contributed by atoms with Crippen molar-refractivity contribution in [3.8, 4) is 0 Å². The summed E-state index contributed by atoms with van der Waals surface area (Å²) in [5.41, 5.74) is 0. The van der Waals surface area contributed by atoms with Gasteiger partial charge in [-0.05, 0) is 0 Å². The van der Waals surface area contributed by atoms with Crippen LogP contribution in [0.15, 0.2) is 78.9 Å². The van der Waals surface area contributed by atoms with E-state index in [9.17, 15) is 25.2 Å². The van der Waals surface area contributed by atoms with Gasteiger partial charge in [0.15, 0.2) is 0 Å². The zero-order valence-corrected chi connectivity index (χ0v) is 18.0. The van der Waals surface area contributed by atoms with Crippen molar-refractivity contribution in [2.75, 3.05) is 0 Å². The molecule has 0 fully saturated rings. The van der Waals surface area contributed by atoms with Gasteiger partial charge in [0.25, 0.3) is 0 Å². The zero-order chi connectivity index (χ0) is 21.1. The number of rotatable bonds is 3. The maximum atomic E-state index is 9.87. The Hall–Kier alpha value is -1.23. The van der Waals surface area contributed by atoms with Crippen LogP contribution in [-0.2, 0) is 0 Å². The van der Waals surface area contributed by atoms with Gasteiger partial charge in [-0.1, -0.05) is 0 Å². The van der Waals surface area contributed by atoms with E-state index in [0.29, 0.717) is 0 Å². The van der Waals surface area contributed by atoms with Gasteiger partial charge in [-0.15, -0.1) is 0 Å². The van der Waals surface area contributed by atoms with E-state index < -0.39 is 21.7 Å². The fourth-order valence-electron chi connectivity index (χ4n) is 2.15. The predicted octanol–water partition coefficient (Wildman–Crippen LogP) is 6.89. The summed E-state index contributed by atoms with van der Waals surface area (Å²) in [6, 6.07) is 26.6. The first-order chi connectivity index (χ1) is 12.7. The molecule has 28 heavy (non-hydrogen) atoms. The van der Waals surface area contributed by atoms with E-state index in [2.05, 4.69) is 36.4 Å². The predicted molar refractivity (Wildman–Crippen MR) is 108 cm³/mol. The van der Waals surface area contributed by atoms with E-state index in [1.807, 2.05) is 42.5 Å². The minimum atomic E-state index is -10.7. The van der Waals surface area contributed by atoms with E-state index in [1.54, 1.807) is 0 Å². The molecule has 0 saturated carbocycles. The van der Waals surface area contributed by atoms with Gasteiger partial charge in [-0.25, -0.2) is 0 Å². The first-order valence-corrected chi connectivity index (χ1v) is 12.9. The van der Waals surface area contributed by atoms with Crippen molar-refractivity contribution >= 4 is 58.3 Å². The van der Waals surface area contributed by atoms with Crippen LogP contribution in [0.5, 0.6) is 0 Å². The Bertz CT molecular complexity index is 892. The molecule has 0 unspecified atom stereocenters. The van der Waals surface area contributed by atoms with Gasteiger partial charge in [-0.2, -0.15) is 0 Å². The molecular formula is C18H13Cl2F6PSe. The van der Waals surface area contributed by atoms with Crippen LogP contribution in [0.2, 0.25) is 10.0 Å². The molecule has 3 aromatic carbocycles. The molecule has 0 saturated heterocycles. The molecular weight excluding hydrogens is 511 g/mol. The van der Waals surface area contributed by atoms with Crippen LogP contribution in [0.25, 0.3) is 0 Å². The summed E-state index contributed by atoms with van der Waals surface area (Å²) < 4.78 is 62.9. The van der Waals surface area contributed by atoms with Crippen LogP contribution in [-0.4, -0.2) is 13.9 Å². The molecule has 0 bridgehead atoms. The minimum absolute atomic E-state index is 0.811. The molecule has 3 aromatic rings. The Morgan fingerprint density at radius 1 is 0.536 bits per heavy atom. The maximum absolute atomic E-state index is 10.7. The SMILES string of the molecule is Clc1ccccc1[Se+](c1ccccc1)c1ccccc1Cl.F[P-](F)(F)(F)(F)F. The van der Waals surface area contributed by atoms with Gasteiger partial charge in [0.05, 0.1) is 0 Å². The normalized spacial score (nSPS) is 13.9. The second kappa shape index (κ2) is 7.89. The quantitative estimate of drug-likeness (QED) is 0.199. The molecule has 0 radical (unpaired) electrons. The van der Waals surface area contributed by atoms with Crippen molar-refractivity contribution in [2.45, 2.75) is 0 Å². The molecule has 0 heterocycles. The van der Waals surface area contributed by atoms with E-state index in [0.717, 1.165) is 10.0 Å². The molecule has 0 aliphatic carbocycles. The van der Waals surface area contributed by atoms with E-state index in [4.69, 9.17) is 23.2 Å². The first kappa shape index (κ1) is 23.1. The van der Waals surface area contributed by atoms with Crippen LogP contribution in [0.1, 0.15) is 0 Å². The van der Waals surface area contributed by atoms with Gasteiger partial charge in [0.2, 0.25) is 0 Å². The first-order valence-electron chi connectivity index (χ1n) is 7.57. The van der Waals surface area contributed by atoms with Crippen molar-refractivity contribution < 1.29 is 25.2 Å². The third kappa shape index (κ3) is 8.42. The summed E-state index contributed by atoms with van der Waals surface area (Å²) in [5, 5.41) is 1.62. The van der Waals surface area contributed by atoms with E-state index in [-0.39, 0.29) is 0 Å². The van der Waals surface area contributed by atoms with Crippen molar-refractivity contribution in [1.82, 2.24) is 0 Å². The summed E-state index contributed by atoms with van der Waals surface area (Å²) in [6.07, 6.45) is 0. The Balaban J connectivity index is 0.000000345. The Labute approximate surface area is 172 Å². The molecule has 0 aliphatic rings. The standard InChI is InChI=1S/C18H13Cl2Se.F6P/c19-15-10-4-6-12-17(15)21(14-8-2-1-3-9-14)18-13-7-5-11-16(18)20;1-7(2,3,4,5)6/h1-13H;/q+1;-1. The Kier molecular flexibility index (Phi) is 6.49. The van der Waals surface area contributed by atoms with E-state index >= 15 is 0 Å². The third-order valence-electron chi connectivity index (χ3n) is 3.09. The fraction of sp³-hybridized carbons (Fsp3) is 0. The third-order valence-corrected chi connectivity index (χ3v) is 9.16. The number of benzene rings is 3. The topological polar surface area (TPSA) is 0 Å². The Morgan fingerprint density at radius 2 is 0.857 bits per heavy atom. The summed E-state index contributed by atoms with van der Waals surface area (Å²) in [7, 11) is -10.7. The van der Waals surface area contributed by atoms with Crippen LogP contribution in [0.4, 0.5) is 25.2 Å². The zero-order valence-electron chi connectivity index (χ0n) is 13.9. The van der Waals surface area contributed by atoms with Crippen LogP contribution >= 0.6 is 31.0 Å². The molecule has 0 amide bonds. The molecule has 10 heteroatoms. The summed E-state index contributed by atoms with van der Waals surface area (Å²) in [4.78, 5) is 0. The second-order valence-electron chi connectivity index (χ2n) is 5.44. The van der Waals surface area contributed by atoms with Gasteiger partial charge in [0, 0.05) is 0 Å². The van der Waals surface area contributed by atoms with E-state index in [1.165, 1.54) is 13.4 Å². The number of halogens is 8. The molecule has 0 atom stereocenters. The van der Waals surface area contributed by atoms with Crippen molar-refractivity contribution in [3.05, 3.63) is 88.9 Å².